The molecule has 1 saturated heterocycles. The van der Waals surface area contributed by atoms with Gasteiger partial charge in [0.25, 0.3) is 5.56 Å². The Hall–Kier alpha value is -4.45. The van der Waals surface area contributed by atoms with E-state index >= 15 is 0 Å². The maximum Gasteiger partial charge on any atom is 0.262 e. The number of benzene rings is 2. The molecule has 1 aliphatic rings. The Morgan fingerprint density at radius 3 is 2.63 bits per heavy atom. The number of hydrogen-bond acceptors (Lipinski definition) is 6. The van der Waals surface area contributed by atoms with Crippen LogP contribution >= 0.6 is 0 Å². The van der Waals surface area contributed by atoms with Crippen molar-refractivity contribution in [1.82, 2.24) is 14.5 Å². The van der Waals surface area contributed by atoms with Gasteiger partial charge < -0.3 is 9.30 Å². The SMILES string of the molecule is N#Cc1cncc(/C=C/C(=O)c2c(-c3ccccc3)c3cc(F)ccc3n(CCN3CCOCC3)c2=O)c1. The molecule has 5 rings (SSSR count). The van der Waals surface area contributed by atoms with E-state index in [1.54, 1.807) is 28.8 Å². The molecule has 3 heterocycles. The molecule has 8 heteroatoms. The first-order chi connectivity index (χ1) is 18.5. The van der Waals surface area contributed by atoms with Crippen molar-refractivity contribution in [1.29, 1.82) is 5.26 Å². The first kappa shape index (κ1) is 25.2. The van der Waals surface area contributed by atoms with Crippen LogP contribution in [0.15, 0.2) is 77.9 Å². The molecule has 1 fully saturated rings. The van der Waals surface area contributed by atoms with E-state index in [9.17, 15) is 14.0 Å². The number of nitrogens with zero attached hydrogens (tertiary/aromatic N) is 4. The zero-order valence-corrected chi connectivity index (χ0v) is 20.6. The number of ether oxygens (including phenoxy) is 1. The van der Waals surface area contributed by atoms with Crippen molar-refractivity contribution in [2.45, 2.75) is 6.54 Å². The Morgan fingerprint density at radius 2 is 1.87 bits per heavy atom. The topological polar surface area (TPSA) is 88.2 Å². The Kier molecular flexibility index (Phi) is 7.50. The number of aromatic nitrogens is 2. The van der Waals surface area contributed by atoms with Gasteiger partial charge in [-0.25, -0.2) is 4.39 Å². The standard InChI is InChI=1S/C30H25FN4O3/c31-24-7-8-26-25(17-24)28(23-4-2-1-3-5-23)29(27(36)9-6-21-16-22(18-32)20-33-19-21)30(37)35(26)11-10-34-12-14-38-15-13-34/h1-9,16-17,19-20H,10-15H2/b9-6+. The molecule has 0 spiro atoms. The molecular weight excluding hydrogens is 483 g/mol. The van der Waals surface area contributed by atoms with E-state index < -0.39 is 17.2 Å². The predicted molar refractivity (Wildman–Crippen MR) is 143 cm³/mol. The number of allylic oxidation sites excluding steroid dienone is 1. The van der Waals surface area contributed by atoms with Crippen LogP contribution in [0.2, 0.25) is 0 Å². The van der Waals surface area contributed by atoms with E-state index in [1.165, 1.54) is 36.7 Å². The van der Waals surface area contributed by atoms with Crippen molar-refractivity contribution in [2.75, 3.05) is 32.8 Å². The summed E-state index contributed by atoms with van der Waals surface area (Å²) in [4.78, 5) is 33.9. The smallest absolute Gasteiger partial charge is 0.262 e. The zero-order chi connectivity index (χ0) is 26.5. The highest BCUT2D eigenvalue weighted by atomic mass is 19.1. The average molecular weight is 509 g/mol. The number of carbonyl (C=O) groups excluding carboxylic acids is 1. The van der Waals surface area contributed by atoms with Crippen molar-refractivity contribution >= 4 is 22.8 Å². The highest BCUT2D eigenvalue weighted by molar-refractivity contribution is 6.15. The Labute approximate surface area is 219 Å². The first-order valence-electron chi connectivity index (χ1n) is 12.3. The molecule has 0 atom stereocenters. The van der Waals surface area contributed by atoms with E-state index in [0.717, 1.165) is 13.1 Å². The number of fused-ring (bicyclic) bond motifs is 1. The van der Waals surface area contributed by atoms with Gasteiger partial charge in [-0.1, -0.05) is 30.3 Å². The number of morpholine rings is 1. The van der Waals surface area contributed by atoms with Crippen molar-refractivity contribution in [3.05, 3.63) is 106 Å². The van der Waals surface area contributed by atoms with Gasteiger partial charge in [0.2, 0.25) is 0 Å². The molecule has 0 bridgehead atoms. The second kappa shape index (κ2) is 11.3. The van der Waals surface area contributed by atoms with Crippen LogP contribution in [0, 0.1) is 17.1 Å². The molecule has 0 aliphatic carbocycles. The monoisotopic (exact) mass is 508 g/mol. The average Bonchev–Trinajstić information content (AvgIpc) is 2.96. The number of pyridine rings is 2. The van der Waals surface area contributed by atoms with Crippen LogP contribution in [0.5, 0.6) is 0 Å². The zero-order valence-electron chi connectivity index (χ0n) is 20.6. The fraction of sp³-hybridized carbons (Fsp3) is 0.200. The minimum absolute atomic E-state index is 0.0306. The van der Waals surface area contributed by atoms with Crippen LogP contribution < -0.4 is 5.56 Å². The molecule has 0 N–H and O–H groups in total. The molecule has 0 unspecified atom stereocenters. The maximum absolute atomic E-state index is 14.6. The molecule has 7 nitrogen and oxygen atoms in total. The van der Waals surface area contributed by atoms with Crippen molar-refractivity contribution in [2.24, 2.45) is 0 Å². The molecule has 1 aliphatic heterocycles. The minimum Gasteiger partial charge on any atom is -0.379 e. The van der Waals surface area contributed by atoms with Gasteiger partial charge in [0.1, 0.15) is 11.9 Å². The summed E-state index contributed by atoms with van der Waals surface area (Å²) in [6.45, 7) is 3.71. The summed E-state index contributed by atoms with van der Waals surface area (Å²) in [6.07, 6.45) is 5.79. The van der Waals surface area contributed by atoms with Crippen LogP contribution in [0.3, 0.4) is 0 Å². The maximum atomic E-state index is 14.6. The first-order valence-corrected chi connectivity index (χ1v) is 12.3. The van der Waals surface area contributed by atoms with Gasteiger partial charge in [-0.3, -0.25) is 19.5 Å². The summed E-state index contributed by atoms with van der Waals surface area (Å²) in [6, 6.07) is 17.0. The fourth-order valence-electron chi connectivity index (χ4n) is 4.72. The molecule has 190 valence electrons. The van der Waals surface area contributed by atoms with Gasteiger partial charge >= 0.3 is 0 Å². The van der Waals surface area contributed by atoms with E-state index in [1.807, 2.05) is 24.3 Å². The van der Waals surface area contributed by atoms with Crippen LogP contribution in [0.4, 0.5) is 4.39 Å². The summed E-state index contributed by atoms with van der Waals surface area (Å²) in [5, 5.41) is 9.64. The Morgan fingerprint density at radius 1 is 1.08 bits per heavy atom. The molecule has 38 heavy (non-hydrogen) atoms. The molecule has 0 radical (unpaired) electrons. The van der Waals surface area contributed by atoms with Gasteiger partial charge in [-0.05, 0) is 47.5 Å². The van der Waals surface area contributed by atoms with E-state index in [0.29, 0.717) is 59.5 Å². The van der Waals surface area contributed by atoms with Crippen LogP contribution in [-0.4, -0.2) is 53.1 Å². The number of halogens is 1. The normalized spacial score (nSPS) is 14.1. The predicted octanol–water partition coefficient (Wildman–Crippen LogP) is 4.30. The minimum atomic E-state index is -0.512. The van der Waals surface area contributed by atoms with Crippen molar-refractivity contribution in [3.63, 3.8) is 0 Å². The highest BCUT2D eigenvalue weighted by Gasteiger charge is 2.23. The number of carbonyl (C=O) groups is 1. The van der Waals surface area contributed by atoms with E-state index in [-0.39, 0.29) is 5.56 Å². The molecule has 2 aromatic heterocycles. The van der Waals surface area contributed by atoms with Gasteiger partial charge in [0.05, 0.1) is 29.9 Å². The summed E-state index contributed by atoms with van der Waals surface area (Å²) < 4.78 is 21.6. The van der Waals surface area contributed by atoms with Crippen LogP contribution in [0.25, 0.3) is 28.1 Å². The second-order valence-electron chi connectivity index (χ2n) is 9.00. The summed E-state index contributed by atoms with van der Waals surface area (Å²) >= 11 is 0. The van der Waals surface area contributed by atoms with Gasteiger partial charge in [0.15, 0.2) is 5.78 Å². The summed E-state index contributed by atoms with van der Waals surface area (Å²) in [5.74, 6) is -0.969. The van der Waals surface area contributed by atoms with Crippen molar-refractivity contribution < 1.29 is 13.9 Å². The molecule has 0 amide bonds. The number of nitriles is 1. The lowest BCUT2D eigenvalue weighted by Crippen LogP contribution is -2.40. The third-order valence-corrected chi connectivity index (χ3v) is 6.60. The number of hydrogen-bond donors (Lipinski definition) is 0. The molecule has 4 aromatic rings. The van der Waals surface area contributed by atoms with Crippen LogP contribution in [0.1, 0.15) is 21.5 Å². The molecular formula is C30H25FN4O3. The van der Waals surface area contributed by atoms with Gasteiger partial charge in [-0.15, -0.1) is 0 Å². The summed E-state index contributed by atoms with van der Waals surface area (Å²) in [5.41, 5.74) is 2.05. The van der Waals surface area contributed by atoms with E-state index in [2.05, 4.69) is 9.88 Å². The quantitative estimate of drug-likeness (QED) is 0.273. The number of rotatable bonds is 7. The third kappa shape index (κ3) is 5.30. The lowest BCUT2D eigenvalue weighted by Gasteiger charge is -2.27. The van der Waals surface area contributed by atoms with Crippen LogP contribution in [-0.2, 0) is 11.3 Å². The Balaban J connectivity index is 1.67. The molecule has 0 saturated carbocycles. The van der Waals surface area contributed by atoms with Gasteiger partial charge in [-0.2, -0.15) is 5.26 Å². The lowest BCUT2D eigenvalue weighted by molar-refractivity contribution is 0.0364. The highest BCUT2D eigenvalue weighted by Crippen LogP contribution is 2.31. The van der Waals surface area contributed by atoms with Crippen molar-refractivity contribution in [3.8, 4) is 17.2 Å². The third-order valence-electron chi connectivity index (χ3n) is 6.60. The van der Waals surface area contributed by atoms with E-state index in [4.69, 9.17) is 10.00 Å². The summed E-state index contributed by atoms with van der Waals surface area (Å²) in [7, 11) is 0. The Bertz CT molecular complexity index is 1620. The second-order valence-corrected chi connectivity index (χ2v) is 9.00. The fourth-order valence-corrected chi connectivity index (χ4v) is 4.72. The lowest BCUT2D eigenvalue weighted by atomic mass is 9.93. The molecule has 2 aromatic carbocycles. The number of ketones is 1. The largest absolute Gasteiger partial charge is 0.379 e. The van der Waals surface area contributed by atoms with Gasteiger partial charge in [0, 0.05) is 49.5 Å².